The van der Waals surface area contributed by atoms with E-state index in [0.717, 1.165) is 23.5 Å². The Labute approximate surface area is 157 Å². The Kier molecular flexibility index (Phi) is 6.22. The second kappa shape index (κ2) is 8.19. The summed E-state index contributed by atoms with van der Waals surface area (Å²) in [5.74, 6) is -3.29. The fourth-order valence-corrected chi connectivity index (χ4v) is 3.48. The van der Waals surface area contributed by atoms with Gasteiger partial charge in [0.2, 0.25) is 0 Å². The van der Waals surface area contributed by atoms with E-state index in [1.165, 1.54) is 20.3 Å². The van der Waals surface area contributed by atoms with Crippen molar-refractivity contribution in [3.63, 3.8) is 0 Å². The Morgan fingerprint density at radius 2 is 1.73 bits per heavy atom. The van der Waals surface area contributed by atoms with Gasteiger partial charge in [0.1, 0.15) is 9.88 Å². The van der Waals surface area contributed by atoms with Crippen LogP contribution >= 0.6 is 23.6 Å². The van der Waals surface area contributed by atoms with Gasteiger partial charge in [-0.3, -0.25) is 0 Å². The first-order valence-corrected chi connectivity index (χ1v) is 8.34. The minimum Gasteiger partial charge on any atom is -0.465 e. The lowest BCUT2D eigenvalue weighted by Crippen LogP contribution is -2.20. The van der Waals surface area contributed by atoms with Crippen LogP contribution in [0.15, 0.2) is 18.2 Å². The topological polar surface area (TPSA) is 76.7 Å². The number of hydrogen-bond acceptors (Lipinski definition) is 6. The monoisotopic (exact) mass is 400 g/mol. The first kappa shape index (κ1) is 19.7. The molecule has 0 aliphatic rings. The van der Waals surface area contributed by atoms with Gasteiger partial charge < -0.3 is 20.1 Å². The van der Waals surface area contributed by atoms with Gasteiger partial charge in [0, 0.05) is 11.8 Å². The number of benzene rings is 1. The lowest BCUT2D eigenvalue weighted by atomic mass is 10.1. The zero-order valence-corrected chi connectivity index (χ0v) is 15.6. The van der Waals surface area contributed by atoms with Gasteiger partial charge in [-0.05, 0) is 36.8 Å². The van der Waals surface area contributed by atoms with Crippen LogP contribution in [0.1, 0.15) is 25.6 Å². The molecule has 0 bridgehead atoms. The molecule has 0 spiro atoms. The third-order valence-corrected chi connectivity index (χ3v) is 4.70. The molecule has 0 atom stereocenters. The fourth-order valence-electron chi connectivity index (χ4n) is 2.08. The molecule has 0 aliphatic carbocycles. The molecule has 1 heterocycles. The molecule has 0 fully saturated rings. The summed E-state index contributed by atoms with van der Waals surface area (Å²) < 4.78 is 35.7. The highest BCUT2D eigenvalue weighted by atomic mass is 32.1. The predicted octanol–water partition coefficient (Wildman–Crippen LogP) is 3.72. The molecule has 0 aliphatic heterocycles. The summed E-state index contributed by atoms with van der Waals surface area (Å²) in [4.78, 5) is 24.1. The van der Waals surface area contributed by atoms with Crippen molar-refractivity contribution in [2.45, 2.75) is 6.92 Å². The van der Waals surface area contributed by atoms with E-state index >= 15 is 0 Å². The second-order valence-electron chi connectivity index (χ2n) is 4.95. The Morgan fingerprint density at radius 1 is 1.08 bits per heavy atom. The average Bonchev–Trinajstić information content (AvgIpc) is 2.92. The SMILES string of the molecule is COC(=O)c1sc(NC(=S)Nc2ccc(F)c(F)c2)c(C(=O)OC)c1C. The van der Waals surface area contributed by atoms with Crippen molar-refractivity contribution in [3.8, 4) is 0 Å². The molecule has 10 heteroatoms. The fraction of sp³-hybridized carbons (Fsp3) is 0.188. The van der Waals surface area contributed by atoms with Gasteiger partial charge >= 0.3 is 11.9 Å². The van der Waals surface area contributed by atoms with Crippen LogP contribution in [0.5, 0.6) is 0 Å². The Balaban J connectivity index is 2.29. The predicted molar refractivity (Wildman–Crippen MR) is 97.9 cm³/mol. The molecule has 1 aromatic carbocycles. The van der Waals surface area contributed by atoms with E-state index in [1.54, 1.807) is 6.92 Å². The maximum Gasteiger partial charge on any atom is 0.348 e. The summed E-state index contributed by atoms with van der Waals surface area (Å²) in [5.41, 5.74) is 0.724. The second-order valence-corrected chi connectivity index (χ2v) is 6.38. The lowest BCUT2D eigenvalue weighted by Gasteiger charge is -2.11. The highest BCUT2D eigenvalue weighted by molar-refractivity contribution is 7.80. The number of rotatable bonds is 4. The van der Waals surface area contributed by atoms with E-state index in [2.05, 4.69) is 15.4 Å². The van der Waals surface area contributed by atoms with Crippen LogP contribution in [0, 0.1) is 18.6 Å². The Hall–Kier alpha value is -2.59. The van der Waals surface area contributed by atoms with Crippen LogP contribution in [0.25, 0.3) is 0 Å². The molecule has 138 valence electrons. The summed E-state index contributed by atoms with van der Waals surface area (Å²) in [6.07, 6.45) is 0. The summed E-state index contributed by atoms with van der Waals surface area (Å²) in [5, 5.41) is 5.70. The summed E-state index contributed by atoms with van der Waals surface area (Å²) in [7, 11) is 2.43. The number of nitrogens with one attached hydrogen (secondary N) is 2. The van der Waals surface area contributed by atoms with Gasteiger partial charge in [-0.25, -0.2) is 18.4 Å². The number of halogens is 2. The average molecular weight is 400 g/mol. The molecule has 1 aromatic heterocycles. The minimum atomic E-state index is -1.03. The lowest BCUT2D eigenvalue weighted by molar-refractivity contribution is 0.0601. The molecular formula is C16H14F2N2O4S2. The van der Waals surface area contributed by atoms with Gasteiger partial charge in [0.25, 0.3) is 0 Å². The number of carbonyl (C=O) groups is 2. The molecule has 0 amide bonds. The third kappa shape index (κ3) is 4.14. The number of hydrogen-bond donors (Lipinski definition) is 2. The molecule has 0 saturated carbocycles. The van der Waals surface area contributed by atoms with Gasteiger partial charge in [0.15, 0.2) is 16.7 Å². The first-order chi connectivity index (χ1) is 12.3. The number of thiocarbonyl (C=S) groups is 1. The van der Waals surface area contributed by atoms with Crippen LogP contribution in [0.3, 0.4) is 0 Å². The standard InChI is InChI=1S/C16H14F2N2O4S2/c1-7-11(14(21)23-2)13(26-12(7)15(22)24-3)20-16(25)19-8-4-5-9(17)10(18)6-8/h4-6H,1-3H3,(H2,19,20,25). The van der Waals surface area contributed by atoms with Crippen molar-refractivity contribution in [1.82, 2.24) is 0 Å². The maximum absolute atomic E-state index is 13.3. The summed E-state index contributed by atoms with van der Waals surface area (Å²) >= 11 is 6.08. The molecule has 0 saturated heterocycles. The molecule has 0 radical (unpaired) electrons. The van der Waals surface area contributed by atoms with E-state index in [-0.39, 0.29) is 26.2 Å². The van der Waals surface area contributed by atoms with Crippen molar-refractivity contribution in [2.75, 3.05) is 24.9 Å². The maximum atomic E-state index is 13.3. The first-order valence-electron chi connectivity index (χ1n) is 7.11. The van der Waals surface area contributed by atoms with Crippen LogP contribution in [0.2, 0.25) is 0 Å². The number of carbonyl (C=O) groups excluding carboxylic acids is 2. The summed E-state index contributed by atoms with van der Waals surface area (Å²) in [6, 6.07) is 3.18. The van der Waals surface area contributed by atoms with Crippen LogP contribution in [-0.2, 0) is 9.47 Å². The highest BCUT2D eigenvalue weighted by Gasteiger charge is 2.26. The smallest absolute Gasteiger partial charge is 0.348 e. The molecular weight excluding hydrogens is 386 g/mol. The Morgan fingerprint density at radius 3 is 2.31 bits per heavy atom. The molecule has 2 rings (SSSR count). The largest absolute Gasteiger partial charge is 0.465 e. The van der Waals surface area contributed by atoms with Gasteiger partial charge in [-0.1, -0.05) is 0 Å². The van der Waals surface area contributed by atoms with Crippen molar-refractivity contribution < 1.29 is 27.8 Å². The van der Waals surface area contributed by atoms with E-state index in [9.17, 15) is 18.4 Å². The normalized spacial score (nSPS) is 10.2. The van der Waals surface area contributed by atoms with Crippen molar-refractivity contribution in [2.24, 2.45) is 0 Å². The molecule has 26 heavy (non-hydrogen) atoms. The highest BCUT2D eigenvalue weighted by Crippen LogP contribution is 2.34. The van der Waals surface area contributed by atoms with E-state index in [0.29, 0.717) is 5.56 Å². The summed E-state index contributed by atoms with van der Waals surface area (Å²) in [6.45, 7) is 1.58. The number of esters is 2. The van der Waals surface area contributed by atoms with Gasteiger partial charge in [-0.2, -0.15) is 0 Å². The Bertz CT molecular complexity index is 883. The zero-order valence-electron chi connectivity index (χ0n) is 13.9. The van der Waals surface area contributed by atoms with Crippen molar-refractivity contribution in [1.29, 1.82) is 0 Å². The zero-order chi connectivity index (χ0) is 19.4. The van der Waals surface area contributed by atoms with Crippen LogP contribution < -0.4 is 10.6 Å². The van der Waals surface area contributed by atoms with Gasteiger partial charge in [0.05, 0.1) is 19.8 Å². The van der Waals surface area contributed by atoms with E-state index < -0.39 is 23.6 Å². The number of methoxy groups -OCH3 is 2. The molecule has 6 nitrogen and oxygen atoms in total. The quantitative estimate of drug-likeness (QED) is 0.598. The van der Waals surface area contributed by atoms with E-state index in [1.807, 2.05) is 0 Å². The number of anilines is 2. The third-order valence-electron chi connectivity index (χ3n) is 3.31. The minimum absolute atomic E-state index is 0.0128. The van der Waals surface area contributed by atoms with Crippen molar-refractivity contribution >= 4 is 51.3 Å². The number of thiophene rings is 1. The van der Waals surface area contributed by atoms with Gasteiger partial charge in [-0.15, -0.1) is 11.3 Å². The number of ether oxygens (including phenoxy) is 2. The van der Waals surface area contributed by atoms with E-state index in [4.69, 9.17) is 17.0 Å². The van der Waals surface area contributed by atoms with Crippen LogP contribution in [-0.4, -0.2) is 31.3 Å². The molecule has 2 aromatic rings. The molecule has 2 N–H and O–H groups in total. The van der Waals surface area contributed by atoms with Crippen molar-refractivity contribution in [3.05, 3.63) is 45.8 Å². The molecule has 0 unspecified atom stereocenters. The van der Waals surface area contributed by atoms with Crippen LogP contribution in [0.4, 0.5) is 19.5 Å².